The molecule has 17 heavy (non-hydrogen) atoms. The molecule has 0 amide bonds. The summed E-state index contributed by atoms with van der Waals surface area (Å²) in [5, 5.41) is 26.1. The first-order valence-corrected chi connectivity index (χ1v) is 6.12. The first-order valence-electron chi connectivity index (χ1n) is 6.12. The molecule has 1 atom stereocenters. The van der Waals surface area contributed by atoms with Crippen LogP contribution in [-0.2, 0) is 23.1 Å². The van der Waals surface area contributed by atoms with Gasteiger partial charge in [0.15, 0.2) is 6.10 Å². The first kappa shape index (κ1) is 10.8. The van der Waals surface area contributed by atoms with Crippen LogP contribution < -0.4 is 0 Å². The van der Waals surface area contributed by atoms with Crippen LogP contribution in [-0.4, -0.2) is 32.5 Å². The molecule has 0 radical (unpaired) electrons. The predicted molar refractivity (Wildman–Crippen MR) is 59.8 cm³/mol. The highest BCUT2D eigenvalue weighted by molar-refractivity contribution is 5.75. The lowest BCUT2D eigenvalue weighted by Gasteiger charge is -2.19. The fraction of sp³-hybridized carbons (Fsp3) is 0.667. The van der Waals surface area contributed by atoms with E-state index in [1.165, 1.54) is 0 Å². The van der Waals surface area contributed by atoms with Gasteiger partial charge in [0.05, 0.1) is 11.1 Å². The van der Waals surface area contributed by atoms with E-state index in [0.29, 0.717) is 0 Å². The molecule has 1 heterocycles. The van der Waals surface area contributed by atoms with Crippen molar-refractivity contribution in [1.29, 1.82) is 0 Å². The molecule has 0 aromatic carbocycles. The molecule has 0 spiro atoms. The molecule has 3 rings (SSSR count). The maximum Gasteiger partial charge on any atom is 0.333 e. The van der Waals surface area contributed by atoms with Crippen molar-refractivity contribution in [3.05, 3.63) is 17.0 Å². The summed E-state index contributed by atoms with van der Waals surface area (Å²) in [7, 11) is 0. The van der Waals surface area contributed by atoms with Crippen LogP contribution in [0.1, 0.15) is 42.6 Å². The minimum absolute atomic E-state index is 0.618. The largest absolute Gasteiger partial charge is 0.479 e. The molecule has 92 valence electrons. The highest BCUT2D eigenvalue weighted by atomic mass is 16.4. The average molecular weight is 236 g/mol. The van der Waals surface area contributed by atoms with E-state index >= 15 is 0 Å². The van der Waals surface area contributed by atoms with Gasteiger partial charge >= 0.3 is 5.97 Å². The summed E-state index contributed by atoms with van der Waals surface area (Å²) in [5.74, 6) is -1.14. The summed E-state index contributed by atoms with van der Waals surface area (Å²) in [4.78, 5) is 11.0. The molecule has 0 bridgehead atoms. The van der Waals surface area contributed by atoms with Crippen LogP contribution in [0, 0.1) is 0 Å². The van der Waals surface area contributed by atoms with Gasteiger partial charge in [0, 0.05) is 5.69 Å². The van der Waals surface area contributed by atoms with E-state index in [0.717, 1.165) is 55.5 Å². The normalized spacial score (nSPS) is 22.9. The second kappa shape index (κ2) is 3.57. The Balaban J connectivity index is 1.99. The molecule has 1 aromatic rings. The number of fused-ring (bicyclic) bond motifs is 1. The number of aromatic nitrogens is 2. The highest BCUT2D eigenvalue weighted by Crippen LogP contribution is 2.52. The lowest BCUT2D eigenvalue weighted by atomic mass is 9.86. The van der Waals surface area contributed by atoms with E-state index < -0.39 is 17.5 Å². The van der Waals surface area contributed by atoms with E-state index in [4.69, 9.17) is 5.11 Å². The van der Waals surface area contributed by atoms with Crippen LogP contribution in [0.2, 0.25) is 0 Å². The quantitative estimate of drug-likeness (QED) is 0.723. The number of H-pyrrole nitrogens is 1. The third kappa shape index (κ3) is 1.49. The Morgan fingerprint density at radius 2 is 2.06 bits per heavy atom. The maximum absolute atomic E-state index is 11.0. The zero-order valence-corrected chi connectivity index (χ0v) is 9.57. The van der Waals surface area contributed by atoms with Gasteiger partial charge in [-0.05, 0) is 44.1 Å². The monoisotopic (exact) mass is 236 g/mol. The average Bonchev–Trinajstić information content (AvgIpc) is 3.02. The minimum atomic E-state index is -1.32. The molecular weight excluding hydrogens is 220 g/mol. The summed E-state index contributed by atoms with van der Waals surface area (Å²) in [6.45, 7) is 0. The number of nitrogens with one attached hydrogen (secondary N) is 1. The number of hydrogen-bond donors (Lipinski definition) is 3. The molecule has 3 N–H and O–H groups in total. The van der Waals surface area contributed by atoms with Crippen molar-refractivity contribution >= 4 is 5.97 Å². The van der Waals surface area contributed by atoms with Gasteiger partial charge in [0.25, 0.3) is 0 Å². The molecule has 2 aliphatic rings. The fourth-order valence-corrected chi connectivity index (χ4v) is 2.90. The second-order valence-electron chi connectivity index (χ2n) is 5.13. The van der Waals surface area contributed by atoms with Crippen LogP contribution in [0.15, 0.2) is 0 Å². The number of hydrogen-bond acceptors (Lipinski definition) is 3. The number of aryl methyl sites for hydroxylation is 1. The number of carbonyl (C=O) groups is 1. The number of carboxylic acid groups (broad SMARTS) is 1. The van der Waals surface area contributed by atoms with E-state index in [2.05, 4.69) is 10.2 Å². The zero-order valence-electron chi connectivity index (χ0n) is 9.57. The number of aliphatic hydroxyl groups excluding tert-OH is 1. The van der Waals surface area contributed by atoms with E-state index in [-0.39, 0.29) is 0 Å². The van der Waals surface area contributed by atoms with Crippen LogP contribution in [0.3, 0.4) is 0 Å². The molecule has 1 saturated carbocycles. The Kier molecular flexibility index (Phi) is 2.26. The summed E-state index contributed by atoms with van der Waals surface area (Å²) in [5.41, 5.74) is 2.49. The number of aliphatic carboxylic acids is 1. The standard InChI is InChI=1S/C12H16N2O3/c15-10(11(16)17)12(5-6-12)9-7-3-1-2-4-8(7)13-14-9/h10,15H,1-6H2,(H,13,14)(H,16,17). The third-order valence-electron chi connectivity index (χ3n) is 4.07. The molecule has 0 saturated heterocycles. The lowest BCUT2D eigenvalue weighted by Crippen LogP contribution is -2.35. The van der Waals surface area contributed by atoms with Gasteiger partial charge in [0.1, 0.15) is 0 Å². The van der Waals surface area contributed by atoms with Gasteiger partial charge in [-0.2, -0.15) is 5.10 Å². The number of nitrogens with zero attached hydrogens (tertiary/aromatic N) is 1. The van der Waals surface area contributed by atoms with Crippen molar-refractivity contribution in [2.75, 3.05) is 0 Å². The highest BCUT2D eigenvalue weighted by Gasteiger charge is 2.56. The molecule has 2 aliphatic carbocycles. The Hall–Kier alpha value is -1.36. The summed E-state index contributed by atoms with van der Waals surface area (Å²) >= 11 is 0. The first-order chi connectivity index (χ1) is 8.15. The summed E-state index contributed by atoms with van der Waals surface area (Å²) in [6.07, 6.45) is 4.34. The predicted octanol–water partition coefficient (Wildman–Crippen LogP) is 0.766. The van der Waals surface area contributed by atoms with Crippen molar-refractivity contribution in [1.82, 2.24) is 10.2 Å². The summed E-state index contributed by atoms with van der Waals surface area (Å²) in [6, 6.07) is 0. The SMILES string of the molecule is O=C(O)C(O)C1(c2n[nH]c3c2CCCC3)CC1. The summed E-state index contributed by atoms with van der Waals surface area (Å²) < 4.78 is 0. The van der Waals surface area contributed by atoms with Crippen molar-refractivity contribution in [3.8, 4) is 0 Å². The minimum Gasteiger partial charge on any atom is -0.479 e. The molecule has 1 fully saturated rings. The van der Waals surface area contributed by atoms with Crippen molar-refractivity contribution in [2.45, 2.75) is 50.0 Å². The molecular formula is C12H16N2O3. The van der Waals surface area contributed by atoms with E-state index in [9.17, 15) is 9.90 Å². The molecule has 1 unspecified atom stereocenters. The fourth-order valence-electron chi connectivity index (χ4n) is 2.90. The maximum atomic E-state index is 11.0. The van der Waals surface area contributed by atoms with Crippen LogP contribution in [0.25, 0.3) is 0 Å². The molecule has 0 aliphatic heterocycles. The molecule has 5 nitrogen and oxygen atoms in total. The Morgan fingerprint density at radius 1 is 1.35 bits per heavy atom. The molecule has 5 heteroatoms. The Bertz CT molecular complexity index is 462. The van der Waals surface area contributed by atoms with Crippen LogP contribution in [0.4, 0.5) is 0 Å². The van der Waals surface area contributed by atoms with Gasteiger partial charge in [-0.3, -0.25) is 5.10 Å². The Morgan fingerprint density at radius 3 is 2.71 bits per heavy atom. The topological polar surface area (TPSA) is 86.2 Å². The van der Waals surface area contributed by atoms with E-state index in [1.807, 2.05) is 0 Å². The third-order valence-corrected chi connectivity index (χ3v) is 4.07. The Labute approximate surface area is 98.9 Å². The number of rotatable bonds is 3. The van der Waals surface area contributed by atoms with Gasteiger partial charge in [-0.1, -0.05) is 0 Å². The smallest absolute Gasteiger partial charge is 0.333 e. The second-order valence-corrected chi connectivity index (χ2v) is 5.13. The van der Waals surface area contributed by atoms with Crippen LogP contribution in [0.5, 0.6) is 0 Å². The zero-order chi connectivity index (χ0) is 12.0. The van der Waals surface area contributed by atoms with Crippen LogP contribution >= 0.6 is 0 Å². The van der Waals surface area contributed by atoms with Gasteiger partial charge in [-0.25, -0.2) is 4.79 Å². The number of aromatic amines is 1. The molecule has 1 aromatic heterocycles. The van der Waals surface area contributed by atoms with Crippen molar-refractivity contribution < 1.29 is 15.0 Å². The van der Waals surface area contributed by atoms with E-state index in [1.54, 1.807) is 0 Å². The van der Waals surface area contributed by atoms with Crippen molar-refractivity contribution in [3.63, 3.8) is 0 Å². The van der Waals surface area contributed by atoms with Gasteiger partial charge in [-0.15, -0.1) is 0 Å². The lowest BCUT2D eigenvalue weighted by molar-refractivity contribution is -0.148. The number of aliphatic hydroxyl groups is 1. The van der Waals surface area contributed by atoms with Gasteiger partial charge in [0.2, 0.25) is 0 Å². The van der Waals surface area contributed by atoms with Crippen molar-refractivity contribution in [2.24, 2.45) is 0 Å². The van der Waals surface area contributed by atoms with Gasteiger partial charge < -0.3 is 10.2 Å². The number of carboxylic acids is 1.